The van der Waals surface area contributed by atoms with Gasteiger partial charge < -0.3 is 5.32 Å². The summed E-state index contributed by atoms with van der Waals surface area (Å²) < 4.78 is 0. The van der Waals surface area contributed by atoms with Crippen molar-refractivity contribution < 1.29 is 4.79 Å². The predicted octanol–water partition coefficient (Wildman–Crippen LogP) is 5.56. The Morgan fingerprint density at radius 1 is 1.18 bits per heavy atom. The van der Waals surface area contributed by atoms with E-state index in [2.05, 4.69) is 39.9 Å². The van der Waals surface area contributed by atoms with E-state index in [9.17, 15) is 4.79 Å². The molecule has 1 amide bonds. The van der Waals surface area contributed by atoms with Crippen molar-refractivity contribution in [3.63, 3.8) is 0 Å². The zero-order chi connectivity index (χ0) is 16.8. The van der Waals surface area contributed by atoms with Gasteiger partial charge in [-0.1, -0.05) is 52.6 Å². The lowest BCUT2D eigenvalue weighted by Crippen LogP contribution is -2.42. The topological polar surface area (TPSA) is 29.1 Å². The summed E-state index contributed by atoms with van der Waals surface area (Å²) in [7, 11) is 0. The molecule has 0 aliphatic carbocycles. The number of amides is 1. The molecule has 0 saturated heterocycles. The highest BCUT2D eigenvalue weighted by atomic mass is 35.5. The highest BCUT2D eigenvalue weighted by Crippen LogP contribution is 2.38. The van der Waals surface area contributed by atoms with Crippen LogP contribution < -0.4 is 5.32 Å². The Hall–Kier alpha value is -1.02. The minimum atomic E-state index is -0.0125. The molecule has 3 heteroatoms. The number of nitrogens with one attached hydrogen (secondary N) is 1. The summed E-state index contributed by atoms with van der Waals surface area (Å²) in [6.07, 6.45) is 3.42. The van der Waals surface area contributed by atoms with Crippen LogP contribution in [0.25, 0.3) is 0 Å². The molecule has 0 aliphatic heterocycles. The van der Waals surface area contributed by atoms with Gasteiger partial charge in [0.25, 0.3) is 5.91 Å². The summed E-state index contributed by atoms with van der Waals surface area (Å²) in [5, 5.41) is 3.80. The predicted molar refractivity (Wildman–Crippen MR) is 95.4 cm³/mol. The Kier molecular flexibility index (Phi) is 7.41. The minimum Gasteiger partial charge on any atom is -0.351 e. The first-order valence-electron chi connectivity index (χ1n) is 8.34. The Labute approximate surface area is 140 Å². The van der Waals surface area contributed by atoms with Crippen LogP contribution in [0.4, 0.5) is 0 Å². The highest BCUT2D eigenvalue weighted by Gasteiger charge is 2.34. The molecule has 0 bridgehead atoms. The number of hydrogen-bond acceptors (Lipinski definition) is 1. The molecule has 22 heavy (non-hydrogen) atoms. The molecule has 0 spiro atoms. The van der Waals surface area contributed by atoms with Gasteiger partial charge in [-0.3, -0.25) is 4.79 Å². The normalized spacial score (nSPS) is 14.2. The lowest BCUT2D eigenvalue weighted by molar-refractivity contribution is 0.0856. The van der Waals surface area contributed by atoms with Crippen LogP contribution in [0.3, 0.4) is 0 Å². The first-order chi connectivity index (χ1) is 10.3. The summed E-state index contributed by atoms with van der Waals surface area (Å²) in [6, 6.07) is 7.06. The van der Waals surface area contributed by atoms with Crippen molar-refractivity contribution in [1.82, 2.24) is 5.32 Å². The molecule has 0 radical (unpaired) electrons. The molecular weight excluding hydrogens is 294 g/mol. The van der Waals surface area contributed by atoms with Crippen LogP contribution in [0.5, 0.6) is 0 Å². The van der Waals surface area contributed by atoms with E-state index in [-0.39, 0.29) is 11.3 Å². The molecule has 1 rings (SSSR count). The molecule has 1 atom stereocenters. The van der Waals surface area contributed by atoms with Gasteiger partial charge in [0.2, 0.25) is 0 Å². The van der Waals surface area contributed by atoms with E-state index >= 15 is 0 Å². The first kappa shape index (κ1) is 19.0. The SMILES string of the molecule is CCCC(CNC(=O)c1ccc(Cl)cc1)(CC(C)C)C(C)C. The first-order valence-corrected chi connectivity index (χ1v) is 8.72. The van der Waals surface area contributed by atoms with Crippen molar-refractivity contribution in [3.8, 4) is 0 Å². The van der Waals surface area contributed by atoms with Crippen LogP contribution >= 0.6 is 11.6 Å². The molecule has 0 saturated carbocycles. The third-order valence-electron chi connectivity index (χ3n) is 4.49. The summed E-state index contributed by atoms with van der Waals surface area (Å²) >= 11 is 5.87. The summed E-state index contributed by atoms with van der Waals surface area (Å²) in [4.78, 5) is 12.4. The Morgan fingerprint density at radius 3 is 2.23 bits per heavy atom. The summed E-state index contributed by atoms with van der Waals surface area (Å²) in [5.41, 5.74) is 0.841. The molecule has 2 nitrogen and oxygen atoms in total. The van der Waals surface area contributed by atoms with Gasteiger partial charge in [-0.2, -0.15) is 0 Å². The Morgan fingerprint density at radius 2 is 1.77 bits per heavy atom. The number of carbonyl (C=O) groups excluding carboxylic acids is 1. The highest BCUT2D eigenvalue weighted by molar-refractivity contribution is 6.30. The van der Waals surface area contributed by atoms with Gasteiger partial charge in [-0.25, -0.2) is 0 Å². The molecule has 0 heterocycles. The van der Waals surface area contributed by atoms with Crippen LogP contribution in [-0.4, -0.2) is 12.5 Å². The maximum absolute atomic E-state index is 12.4. The molecule has 0 aromatic heterocycles. The Balaban J connectivity index is 2.81. The fourth-order valence-corrected chi connectivity index (χ4v) is 3.39. The van der Waals surface area contributed by atoms with Crippen molar-refractivity contribution >= 4 is 17.5 Å². The maximum atomic E-state index is 12.4. The second-order valence-corrected chi connectivity index (χ2v) is 7.49. The van der Waals surface area contributed by atoms with Crippen molar-refractivity contribution in [1.29, 1.82) is 0 Å². The third kappa shape index (κ3) is 5.31. The van der Waals surface area contributed by atoms with E-state index < -0.39 is 0 Å². The van der Waals surface area contributed by atoms with Crippen molar-refractivity contribution in [2.24, 2.45) is 17.3 Å². The third-order valence-corrected chi connectivity index (χ3v) is 4.75. The zero-order valence-electron chi connectivity index (χ0n) is 14.6. The van der Waals surface area contributed by atoms with E-state index in [4.69, 9.17) is 11.6 Å². The number of halogens is 1. The van der Waals surface area contributed by atoms with E-state index in [1.807, 2.05) is 0 Å². The van der Waals surface area contributed by atoms with Gasteiger partial charge in [-0.15, -0.1) is 0 Å². The van der Waals surface area contributed by atoms with Gasteiger partial charge in [-0.05, 0) is 54.4 Å². The quantitative estimate of drug-likeness (QED) is 0.666. The van der Waals surface area contributed by atoms with Crippen LogP contribution in [0.2, 0.25) is 5.02 Å². The van der Waals surface area contributed by atoms with Gasteiger partial charge in [0, 0.05) is 17.1 Å². The van der Waals surface area contributed by atoms with E-state index in [0.717, 1.165) is 25.8 Å². The molecule has 1 aromatic carbocycles. The number of hydrogen-bond donors (Lipinski definition) is 1. The number of benzene rings is 1. The van der Waals surface area contributed by atoms with E-state index in [1.54, 1.807) is 24.3 Å². The van der Waals surface area contributed by atoms with Crippen LogP contribution in [0.15, 0.2) is 24.3 Å². The second-order valence-electron chi connectivity index (χ2n) is 7.05. The molecule has 0 fully saturated rings. The average Bonchev–Trinajstić information content (AvgIpc) is 2.44. The average molecular weight is 324 g/mol. The van der Waals surface area contributed by atoms with Gasteiger partial charge in [0.15, 0.2) is 0 Å². The summed E-state index contributed by atoms with van der Waals surface area (Å²) in [5.74, 6) is 1.16. The molecule has 0 aliphatic rings. The van der Waals surface area contributed by atoms with Crippen LogP contribution in [-0.2, 0) is 0 Å². The van der Waals surface area contributed by atoms with E-state index in [0.29, 0.717) is 22.4 Å². The van der Waals surface area contributed by atoms with Gasteiger partial charge >= 0.3 is 0 Å². The number of carbonyl (C=O) groups is 1. The van der Waals surface area contributed by atoms with Crippen molar-refractivity contribution in [3.05, 3.63) is 34.9 Å². The fraction of sp³-hybridized carbons (Fsp3) is 0.632. The lowest BCUT2D eigenvalue weighted by Gasteiger charge is -2.39. The monoisotopic (exact) mass is 323 g/mol. The van der Waals surface area contributed by atoms with Gasteiger partial charge in [0.05, 0.1) is 0 Å². The van der Waals surface area contributed by atoms with Crippen molar-refractivity contribution in [2.45, 2.75) is 53.9 Å². The standard InChI is InChI=1S/C19H30ClNO/c1-6-11-19(15(4)5,12-14(2)3)13-21-18(22)16-7-9-17(20)10-8-16/h7-10,14-15H,6,11-13H2,1-5H3,(H,21,22). The lowest BCUT2D eigenvalue weighted by atomic mass is 9.68. The Bertz CT molecular complexity index is 467. The summed E-state index contributed by atoms with van der Waals surface area (Å²) in [6.45, 7) is 12.0. The fourth-order valence-electron chi connectivity index (χ4n) is 3.26. The molecular formula is C19H30ClNO. The van der Waals surface area contributed by atoms with Crippen LogP contribution in [0.1, 0.15) is 64.2 Å². The maximum Gasteiger partial charge on any atom is 0.251 e. The van der Waals surface area contributed by atoms with Gasteiger partial charge in [0.1, 0.15) is 0 Å². The molecule has 1 unspecified atom stereocenters. The zero-order valence-corrected chi connectivity index (χ0v) is 15.3. The van der Waals surface area contributed by atoms with Crippen molar-refractivity contribution in [2.75, 3.05) is 6.54 Å². The smallest absolute Gasteiger partial charge is 0.251 e. The second kappa shape index (κ2) is 8.57. The van der Waals surface area contributed by atoms with Crippen LogP contribution in [0, 0.1) is 17.3 Å². The molecule has 124 valence electrons. The molecule has 1 N–H and O–H groups in total. The molecule has 1 aromatic rings. The number of rotatable bonds is 8. The van der Waals surface area contributed by atoms with E-state index in [1.165, 1.54) is 0 Å². The largest absolute Gasteiger partial charge is 0.351 e. The minimum absolute atomic E-state index is 0.0125.